The second kappa shape index (κ2) is 7.50. The van der Waals surface area contributed by atoms with Gasteiger partial charge in [-0.1, -0.05) is 30.3 Å². The lowest BCUT2D eigenvalue weighted by atomic mass is 9.94. The number of fused-ring (bicyclic) bond motifs is 1. The molecule has 148 valence electrons. The zero-order valence-corrected chi connectivity index (χ0v) is 16.0. The van der Waals surface area contributed by atoms with Gasteiger partial charge in [0.1, 0.15) is 0 Å². The number of anilines is 1. The summed E-state index contributed by atoms with van der Waals surface area (Å²) in [7, 11) is -4.01. The van der Waals surface area contributed by atoms with Crippen molar-refractivity contribution in [3.05, 3.63) is 64.2 Å². The number of para-hydroxylation sites is 2. The molecule has 9 heteroatoms. The largest absolute Gasteiger partial charge is 0.384 e. The number of nitro benzene ring substituents is 1. The molecule has 2 aliphatic rings. The highest BCUT2D eigenvalue weighted by atomic mass is 32.2. The van der Waals surface area contributed by atoms with Gasteiger partial charge in [-0.05, 0) is 24.1 Å². The monoisotopic (exact) mass is 403 g/mol. The van der Waals surface area contributed by atoms with Crippen molar-refractivity contribution in [1.82, 2.24) is 4.31 Å². The van der Waals surface area contributed by atoms with Crippen molar-refractivity contribution in [3.63, 3.8) is 0 Å². The number of morpholine rings is 1. The van der Waals surface area contributed by atoms with Crippen LogP contribution in [0, 0.1) is 10.1 Å². The second-order valence-electron chi connectivity index (χ2n) is 6.97. The first-order chi connectivity index (χ1) is 13.5. The van der Waals surface area contributed by atoms with Gasteiger partial charge >= 0.3 is 0 Å². The molecule has 28 heavy (non-hydrogen) atoms. The Morgan fingerprint density at radius 2 is 1.93 bits per heavy atom. The maximum Gasteiger partial charge on any atom is 0.289 e. The highest BCUT2D eigenvalue weighted by molar-refractivity contribution is 7.89. The molecule has 2 unspecified atom stereocenters. The van der Waals surface area contributed by atoms with Crippen molar-refractivity contribution in [2.45, 2.75) is 23.3 Å². The number of nitrogens with one attached hydrogen (secondary N) is 1. The molecule has 2 heterocycles. The van der Waals surface area contributed by atoms with Crippen LogP contribution < -0.4 is 5.32 Å². The number of nitro groups is 1. The van der Waals surface area contributed by atoms with Crippen LogP contribution >= 0.6 is 0 Å². The van der Waals surface area contributed by atoms with Gasteiger partial charge < -0.3 is 10.1 Å². The fourth-order valence-corrected chi connectivity index (χ4v) is 5.75. The van der Waals surface area contributed by atoms with Crippen LogP contribution in [-0.4, -0.2) is 50.0 Å². The minimum atomic E-state index is -4.01. The van der Waals surface area contributed by atoms with Crippen LogP contribution in [0.5, 0.6) is 0 Å². The highest BCUT2D eigenvalue weighted by Gasteiger charge is 2.39. The average molecular weight is 403 g/mol. The minimum absolute atomic E-state index is 0.159. The Kier molecular flexibility index (Phi) is 5.05. The molecule has 0 radical (unpaired) electrons. The summed E-state index contributed by atoms with van der Waals surface area (Å²) < 4.78 is 33.5. The van der Waals surface area contributed by atoms with E-state index in [1.165, 1.54) is 28.6 Å². The Balaban J connectivity index is 1.64. The Morgan fingerprint density at radius 1 is 1.18 bits per heavy atom. The molecule has 0 aromatic heterocycles. The molecule has 1 fully saturated rings. The predicted molar refractivity (Wildman–Crippen MR) is 104 cm³/mol. The van der Waals surface area contributed by atoms with Crippen LogP contribution in [0.25, 0.3) is 0 Å². The molecule has 0 bridgehead atoms. The van der Waals surface area contributed by atoms with Crippen LogP contribution in [0.2, 0.25) is 0 Å². The smallest absolute Gasteiger partial charge is 0.289 e. The quantitative estimate of drug-likeness (QED) is 0.608. The number of ether oxygens (including phenoxy) is 1. The molecule has 0 spiro atoms. The lowest BCUT2D eigenvalue weighted by molar-refractivity contribution is -0.387. The van der Waals surface area contributed by atoms with E-state index < -0.39 is 20.6 Å². The molecule has 2 aromatic carbocycles. The van der Waals surface area contributed by atoms with Crippen LogP contribution in [0.15, 0.2) is 53.4 Å². The van der Waals surface area contributed by atoms with Gasteiger partial charge in [0.2, 0.25) is 10.0 Å². The molecule has 0 amide bonds. The van der Waals surface area contributed by atoms with Gasteiger partial charge in [-0.3, -0.25) is 10.1 Å². The molecular weight excluding hydrogens is 382 g/mol. The number of benzene rings is 2. The van der Waals surface area contributed by atoms with E-state index in [4.69, 9.17) is 4.74 Å². The van der Waals surface area contributed by atoms with Gasteiger partial charge in [-0.15, -0.1) is 0 Å². The zero-order valence-electron chi connectivity index (χ0n) is 15.2. The fourth-order valence-electron chi connectivity index (χ4n) is 3.99. The molecule has 2 atom stereocenters. The van der Waals surface area contributed by atoms with Gasteiger partial charge in [0, 0.05) is 36.8 Å². The molecular formula is C19H21N3O5S. The van der Waals surface area contributed by atoms with Gasteiger partial charge in [0.05, 0.1) is 18.1 Å². The van der Waals surface area contributed by atoms with Crippen molar-refractivity contribution in [1.29, 1.82) is 0 Å². The summed E-state index contributed by atoms with van der Waals surface area (Å²) in [5, 5.41) is 14.7. The van der Waals surface area contributed by atoms with Crippen molar-refractivity contribution in [3.8, 4) is 0 Å². The summed E-state index contributed by atoms with van der Waals surface area (Å²) in [5.41, 5.74) is 1.83. The Hall–Kier alpha value is -2.49. The van der Waals surface area contributed by atoms with Gasteiger partial charge in [0.15, 0.2) is 4.90 Å². The van der Waals surface area contributed by atoms with Crippen LogP contribution in [0.3, 0.4) is 0 Å². The van der Waals surface area contributed by atoms with E-state index >= 15 is 0 Å². The number of sulfonamides is 1. The van der Waals surface area contributed by atoms with Gasteiger partial charge in [-0.25, -0.2) is 8.42 Å². The molecule has 4 rings (SSSR count). The van der Waals surface area contributed by atoms with E-state index in [-0.39, 0.29) is 36.6 Å². The van der Waals surface area contributed by atoms with E-state index in [2.05, 4.69) is 5.32 Å². The third-order valence-electron chi connectivity index (χ3n) is 5.32. The molecule has 8 nitrogen and oxygen atoms in total. The van der Waals surface area contributed by atoms with Crippen LogP contribution in [-0.2, 0) is 14.8 Å². The lowest BCUT2D eigenvalue weighted by Crippen LogP contribution is -2.49. The lowest BCUT2D eigenvalue weighted by Gasteiger charge is -2.35. The Bertz CT molecular complexity index is 995. The summed E-state index contributed by atoms with van der Waals surface area (Å²) in [6, 6.07) is 13.1. The predicted octanol–water partition coefficient (Wildman–Crippen LogP) is 2.58. The third-order valence-corrected chi connectivity index (χ3v) is 7.32. The van der Waals surface area contributed by atoms with E-state index in [9.17, 15) is 18.5 Å². The SMILES string of the molecule is O=[N+]([O-])c1ccccc1S(=O)(=O)N1CCOCC1CC1CNc2ccccc21. The summed E-state index contributed by atoms with van der Waals surface area (Å²) in [4.78, 5) is 10.4. The maximum atomic E-state index is 13.3. The number of hydrogen-bond donors (Lipinski definition) is 1. The summed E-state index contributed by atoms with van der Waals surface area (Å²) in [6.07, 6.45) is 0.587. The van der Waals surface area contributed by atoms with E-state index in [0.717, 1.165) is 17.8 Å². The normalized spacial score (nSPS) is 22.4. The minimum Gasteiger partial charge on any atom is -0.384 e. The van der Waals surface area contributed by atoms with E-state index in [0.29, 0.717) is 6.42 Å². The molecule has 1 N–H and O–H groups in total. The summed E-state index contributed by atoms with van der Waals surface area (Å²) >= 11 is 0. The zero-order chi connectivity index (χ0) is 19.7. The number of hydrogen-bond acceptors (Lipinski definition) is 6. The first-order valence-corrected chi connectivity index (χ1v) is 10.6. The average Bonchev–Trinajstić information content (AvgIpc) is 3.11. The van der Waals surface area contributed by atoms with Crippen molar-refractivity contribution in [2.75, 3.05) is 31.6 Å². The number of nitrogens with zero attached hydrogens (tertiary/aromatic N) is 2. The van der Waals surface area contributed by atoms with E-state index in [1.54, 1.807) is 0 Å². The summed E-state index contributed by atoms with van der Waals surface area (Å²) in [6.45, 7) is 1.46. The van der Waals surface area contributed by atoms with Crippen LogP contribution in [0.1, 0.15) is 17.9 Å². The van der Waals surface area contributed by atoms with Crippen molar-refractivity contribution < 1.29 is 18.1 Å². The molecule has 0 saturated carbocycles. The summed E-state index contributed by atoms with van der Waals surface area (Å²) in [5.74, 6) is 0.159. The standard InChI is InChI=1S/C19H21N3O5S/c23-22(24)18-7-3-4-8-19(18)28(25,26)21-9-10-27-13-15(21)11-14-12-20-17-6-2-1-5-16(14)17/h1-8,14-15,20H,9-13H2. The van der Waals surface area contributed by atoms with Crippen LogP contribution in [0.4, 0.5) is 11.4 Å². The molecule has 2 aromatic rings. The van der Waals surface area contributed by atoms with Gasteiger partial charge in [0.25, 0.3) is 5.69 Å². The topological polar surface area (TPSA) is 102 Å². The highest BCUT2D eigenvalue weighted by Crippen LogP contribution is 2.37. The van der Waals surface area contributed by atoms with Crippen molar-refractivity contribution >= 4 is 21.4 Å². The maximum absolute atomic E-state index is 13.3. The third kappa shape index (κ3) is 3.36. The fraction of sp³-hybridized carbons (Fsp3) is 0.368. The van der Waals surface area contributed by atoms with Crippen molar-refractivity contribution in [2.24, 2.45) is 0 Å². The first kappa shape index (κ1) is 18.9. The number of rotatable bonds is 5. The first-order valence-electron chi connectivity index (χ1n) is 9.14. The van der Waals surface area contributed by atoms with Gasteiger partial charge in [-0.2, -0.15) is 4.31 Å². The van der Waals surface area contributed by atoms with E-state index in [1.807, 2.05) is 24.3 Å². The Morgan fingerprint density at radius 3 is 2.75 bits per heavy atom. The molecule has 1 saturated heterocycles. The molecule has 0 aliphatic carbocycles. The Labute approximate surface area is 163 Å². The second-order valence-corrected chi connectivity index (χ2v) is 8.83. The molecule has 2 aliphatic heterocycles.